The van der Waals surface area contributed by atoms with Gasteiger partial charge >= 0.3 is 0 Å². The maximum absolute atomic E-state index is 4.69. The van der Waals surface area contributed by atoms with Crippen LogP contribution in [0.3, 0.4) is 0 Å². The second kappa shape index (κ2) is 7.61. The number of piperazine rings is 1. The van der Waals surface area contributed by atoms with Gasteiger partial charge in [0.2, 0.25) is 0 Å². The maximum atomic E-state index is 4.69. The van der Waals surface area contributed by atoms with E-state index in [9.17, 15) is 0 Å². The number of hydrogen-bond acceptors (Lipinski definition) is 6. The fourth-order valence-corrected chi connectivity index (χ4v) is 3.36. The summed E-state index contributed by atoms with van der Waals surface area (Å²) in [5, 5.41) is 0. The Balaban J connectivity index is 1.51. The van der Waals surface area contributed by atoms with Crippen molar-refractivity contribution in [2.75, 3.05) is 47.9 Å². The molecule has 2 aromatic heterocycles. The van der Waals surface area contributed by atoms with Crippen molar-refractivity contribution >= 4 is 23.1 Å². The predicted molar refractivity (Wildman–Crippen MR) is 110 cm³/mol. The number of benzene rings is 1. The normalized spacial score (nSPS) is 14.3. The number of aryl methyl sites for hydroxylation is 1. The zero-order valence-corrected chi connectivity index (χ0v) is 15.8. The average Bonchev–Trinajstić information content (AvgIpc) is 2.74. The molecule has 0 aliphatic carbocycles. The van der Waals surface area contributed by atoms with Crippen molar-refractivity contribution in [2.24, 2.45) is 0 Å². The number of para-hydroxylation sites is 1. The van der Waals surface area contributed by atoms with Crippen molar-refractivity contribution < 1.29 is 0 Å². The summed E-state index contributed by atoms with van der Waals surface area (Å²) in [4.78, 5) is 20.5. The van der Waals surface area contributed by atoms with Crippen LogP contribution in [0.5, 0.6) is 0 Å². The molecule has 6 heteroatoms. The van der Waals surface area contributed by atoms with Gasteiger partial charge in [0, 0.05) is 51.2 Å². The molecule has 3 aromatic rings. The Morgan fingerprint density at radius 2 is 1.48 bits per heavy atom. The van der Waals surface area contributed by atoms with Crippen LogP contribution in [0, 0.1) is 6.92 Å². The third-order valence-electron chi connectivity index (χ3n) is 4.87. The van der Waals surface area contributed by atoms with Gasteiger partial charge in [-0.05, 0) is 31.2 Å². The number of rotatable bonds is 4. The van der Waals surface area contributed by atoms with E-state index >= 15 is 0 Å². The zero-order valence-electron chi connectivity index (χ0n) is 15.8. The molecule has 27 heavy (non-hydrogen) atoms. The molecular formula is C21H24N6. The van der Waals surface area contributed by atoms with E-state index in [2.05, 4.69) is 53.9 Å². The van der Waals surface area contributed by atoms with E-state index < -0.39 is 0 Å². The molecular weight excluding hydrogens is 336 g/mol. The molecule has 0 bridgehead atoms. The smallest absolute Gasteiger partial charge is 0.138 e. The first kappa shape index (κ1) is 17.3. The fourth-order valence-electron chi connectivity index (χ4n) is 3.36. The molecule has 0 saturated carbocycles. The summed E-state index contributed by atoms with van der Waals surface area (Å²) in [6.45, 7) is 5.66. The highest BCUT2D eigenvalue weighted by Crippen LogP contribution is 2.25. The molecule has 0 atom stereocenters. The number of pyridine rings is 1. The largest absolute Gasteiger partial charge is 0.353 e. The Morgan fingerprint density at radius 1 is 0.815 bits per heavy atom. The molecule has 1 aliphatic heterocycles. The summed E-state index contributed by atoms with van der Waals surface area (Å²) in [5.41, 5.74) is 1.11. The first-order valence-corrected chi connectivity index (χ1v) is 9.26. The van der Waals surface area contributed by atoms with Crippen molar-refractivity contribution in [3.05, 3.63) is 66.6 Å². The second-order valence-corrected chi connectivity index (χ2v) is 6.69. The molecule has 1 aliphatic rings. The van der Waals surface area contributed by atoms with Gasteiger partial charge in [-0.3, -0.25) is 0 Å². The van der Waals surface area contributed by atoms with Gasteiger partial charge in [-0.2, -0.15) is 0 Å². The van der Waals surface area contributed by atoms with E-state index in [0.29, 0.717) is 0 Å². The number of aromatic nitrogens is 3. The number of hydrogen-bond donors (Lipinski definition) is 0. The van der Waals surface area contributed by atoms with E-state index in [1.54, 1.807) is 0 Å². The first-order valence-electron chi connectivity index (χ1n) is 9.26. The average molecular weight is 360 g/mol. The molecule has 1 fully saturated rings. The topological polar surface area (TPSA) is 48.4 Å². The highest BCUT2D eigenvalue weighted by atomic mass is 15.3. The molecule has 0 spiro atoms. The van der Waals surface area contributed by atoms with Gasteiger partial charge in [-0.1, -0.05) is 24.3 Å². The van der Waals surface area contributed by atoms with Gasteiger partial charge in [-0.15, -0.1) is 0 Å². The van der Waals surface area contributed by atoms with Crippen molar-refractivity contribution in [3.8, 4) is 0 Å². The van der Waals surface area contributed by atoms with Crippen LogP contribution in [-0.2, 0) is 0 Å². The van der Waals surface area contributed by atoms with Crippen LogP contribution in [0.2, 0.25) is 0 Å². The van der Waals surface area contributed by atoms with E-state index in [-0.39, 0.29) is 0 Å². The standard InChI is InChI=1S/C21H24N6/c1-17-23-20(25(2)18-8-4-3-5-9-18)16-21(24-17)27-14-12-26(13-15-27)19-10-6-7-11-22-19/h3-11,16H,12-15H2,1-2H3. The van der Waals surface area contributed by atoms with Crippen molar-refractivity contribution in [3.63, 3.8) is 0 Å². The lowest BCUT2D eigenvalue weighted by atomic mass is 10.2. The van der Waals surface area contributed by atoms with Crippen LogP contribution in [0.15, 0.2) is 60.8 Å². The van der Waals surface area contributed by atoms with Crippen LogP contribution in [0.25, 0.3) is 0 Å². The third kappa shape index (κ3) is 3.84. The van der Waals surface area contributed by atoms with Gasteiger partial charge in [0.25, 0.3) is 0 Å². The number of nitrogens with zero attached hydrogens (tertiary/aromatic N) is 6. The summed E-state index contributed by atoms with van der Waals surface area (Å²) >= 11 is 0. The third-order valence-corrected chi connectivity index (χ3v) is 4.87. The summed E-state index contributed by atoms with van der Waals surface area (Å²) in [6.07, 6.45) is 1.85. The van der Waals surface area contributed by atoms with Gasteiger partial charge in [0.05, 0.1) is 0 Å². The monoisotopic (exact) mass is 360 g/mol. The molecule has 0 N–H and O–H groups in total. The maximum Gasteiger partial charge on any atom is 0.138 e. The lowest BCUT2D eigenvalue weighted by Crippen LogP contribution is -2.47. The van der Waals surface area contributed by atoms with Crippen molar-refractivity contribution in [1.82, 2.24) is 15.0 Å². The molecule has 6 nitrogen and oxygen atoms in total. The quantitative estimate of drug-likeness (QED) is 0.712. The molecule has 0 radical (unpaired) electrons. The minimum atomic E-state index is 0.789. The Kier molecular flexibility index (Phi) is 4.87. The van der Waals surface area contributed by atoms with Crippen LogP contribution in [-0.4, -0.2) is 48.2 Å². The van der Waals surface area contributed by atoms with Crippen LogP contribution < -0.4 is 14.7 Å². The highest BCUT2D eigenvalue weighted by Gasteiger charge is 2.20. The minimum absolute atomic E-state index is 0.789. The molecule has 3 heterocycles. The van der Waals surface area contributed by atoms with E-state index in [4.69, 9.17) is 0 Å². The molecule has 4 rings (SSSR count). The Bertz CT molecular complexity index is 876. The molecule has 0 unspecified atom stereocenters. The lowest BCUT2D eigenvalue weighted by molar-refractivity contribution is 0.640. The van der Waals surface area contributed by atoms with Crippen molar-refractivity contribution in [2.45, 2.75) is 6.92 Å². The van der Waals surface area contributed by atoms with E-state index in [1.165, 1.54) is 0 Å². The fraction of sp³-hybridized carbons (Fsp3) is 0.286. The van der Waals surface area contributed by atoms with Crippen LogP contribution in [0.4, 0.5) is 23.1 Å². The van der Waals surface area contributed by atoms with E-state index in [0.717, 1.165) is 55.1 Å². The zero-order chi connectivity index (χ0) is 18.6. The summed E-state index contributed by atoms with van der Waals surface area (Å²) in [7, 11) is 2.04. The molecule has 1 aromatic carbocycles. The van der Waals surface area contributed by atoms with Gasteiger partial charge in [0.15, 0.2) is 0 Å². The van der Waals surface area contributed by atoms with Gasteiger partial charge in [0.1, 0.15) is 23.3 Å². The minimum Gasteiger partial charge on any atom is -0.353 e. The van der Waals surface area contributed by atoms with Crippen molar-refractivity contribution in [1.29, 1.82) is 0 Å². The Hall–Kier alpha value is -3.15. The van der Waals surface area contributed by atoms with E-state index in [1.807, 2.05) is 50.5 Å². The van der Waals surface area contributed by atoms with Crippen LogP contribution >= 0.6 is 0 Å². The highest BCUT2D eigenvalue weighted by molar-refractivity contribution is 5.62. The molecule has 1 saturated heterocycles. The molecule has 138 valence electrons. The second-order valence-electron chi connectivity index (χ2n) is 6.69. The Labute approximate surface area is 160 Å². The molecule has 0 amide bonds. The summed E-state index contributed by atoms with van der Waals surface area (Å²) in [6, 6.07) is 18.4. The Morgan fingerprint density at radius 3 is 2.15 bits per heavy atom. The lowest BCUT2D eigenvalue weighted by Gasteiger charge is -2.36. The summed E-state index contributed by atoms with van der Waals surface area (Å²) in [5.74, 6) is 3.73. The van der Waals surface area contributed by atoms with Gasteiger partial charge < -0.3 is 14.7 Å². The predicted octanol–water partition coefficient (Wildman–Crippen LogP) is 3.27. The SMILES string of the molecule is Cc1nc(N2CCN(c3ccccn3)CC2)cc(N(C)c2ccccc2)n1. The summed E-state index contributed by atoms with van der Waals surface area (Å²) < 4.78 is 0. The number of anilines is 4. The van der Waals surface area contributed by atoms with Gasteiger partial charge in [-0.25, -0.2) is 15.0 Å². The van der Waals surface area contributed by atoms with Crippen LogP contribution in [0.1, 0.15) is 5.82 Å². The first-order chi connectivity index (χ1) is 13.2.